The topological polar surface area (TPSA) is 52.7 Å². The molecule has 0 aliphatic carbocycles. The second-order valence-electron chi connectivity index (χ2n) is 6.79. The van der Waals surface area contributed by atoms with Crippen LogP contribution < -0.4 is 5.32 Å². The van der Waals surface area contributed by atoms with Gasteiger partial charge in [0, 0.05) is 37.1 Å². The summed E-state index contributed by atoms with van der Waals surface area (Å²) in [6.07, 6.45) is 1.35. The number of carbonyl (C=O) groups is 2. The summed E-state index contributed by atoms with van der Waals surface area (Å²) in [5, 5.41) is 4.79. The molecule has 0 saturated carbocycles. The molecule has 2 aliphatic heterocycles. The highest BCUT2D eigenvalue weighted by molar-refractivity contribution is 7.10. The zero-order valence-corrected chi connectivity index (χ0v) is 14.8. The Morgan fingerprint density at radius 3 is 2.78 bits per heavy atom. The minimum absolute atomic E-state index is 0.0513. The fourth-order valence-corrected chi connectivity index (χ4v) is 4.79. The fraction of sp³-hybridized carbons (Fsp3) is 0.647. The van der Waals surface area contributed by atoms with Gasteiger partial charge in [0.25, 0.3) is 0 Å². The van der Waals surface area contributed by atoms with E-state index in [4.69, 9.17) is 0 Å². The highest BCUT2D eigenvalue weighted by Crippen LogP contribution is 2.37. The molecule has 3 heterocycles. The summed E-state index contributed by atoms with van der Waals surface area (Å²) in [5.74, 6) is 0.721. The van der Waals surface area contributed by atoms with Gasteiger partial charge in [-0.2, -0.15) is 0 Å². The van der Waals surface area contributed by atoms with Crippen molar-refractivity contribution < 1.29 is 9.59 Å². The Balaban J connectivity index is 1.67. The molecule has 1 aromatic heterocycles. The fourth-order valence-electron chi connectivity index (χ4n) is 4.09. The number of likely N-dealkylation sites (tertiary alicyclic amines) is 2. The van der Waals surface area contributed by atoms with Gasteiger partial charge < -0.3 is 10.2 Å². The quantitative estimate of drug-likeness (QED) is 0.904. The first kappa shape index (κ1) is 16.5. The molecule has 5 nitrogen and oxygen atoms in total. The second kappa shape index (κ2) is 6.61. The number of hydrogen-bond acceptors (Lipinski definition) is 4. The van der Waals surface area contributed by atoms with Crippen molar-refractivity contribution in [3.05, 3.63) is 22.4 Å². The highest BCUT2D eigenvalue weighted by atomic mass is 32.1. The first-order valence-corrected chi connectivity index (χ1v) is 9.18. The van der Waals surface area contributed by atoms with E-state index in [9.17, 15) is 9.59 Å². The van der Waals surface area contributed by atoms with Crippen molar-refractivity contribution in [3.63, 3.8) is 0 Å². The van der Waals surface area contributed by atoms with Gasteiger partial charge in [-0.3, -0.25) is 14.5 Å². The van der Waals surface area contributed by atoms with Crippen molar-refractivity contribution in [2.75, 3.05) is 20.1 Å². The van der Waals surface area contributed by atoms with Crippen LogP contribution in [0.15, 0.2) is 17.5 Å². The molecule has 6 heteroatoms. The van der Waals surface area contributed by atoms with Crippen molar-refractivity contribution in [1.29, 1.82) is 0 Å². The van der Waals surface area contributed by atoms with E-state index in [0.29, 0.717) is 24.4 Å². The molecule has 2 amide bonds. The summed E-state index contributed by atoms with van der Waals surface area (Å²) in [7, 11) is 1.70. The van der Waals surface area contributed by atoms with Gasteiger partial charge in [0.1, 0.15) is 0 Å². The first-order valence-electron chi connectivity index (χ1n) is 8.30. The lowest BCUT2D eigenvalue weighted by atomic mass is 10.0. The van der Waals surface area contributed by atoms with E-state index >= 15 is 0 Å². The molecule has 0 bridgehead atoms. The summed E-state index contributed by atoms with van der Waals surface area (Å²) in [4.78, 5) is 30.1. The van der Waals surface area contributed by atoms with Crippen molar-refractivity contribution in [1.82, 2.24) is 15.1 Å². The number of hydrogen-bond donors (Lipinski definition) is 1. The number of nitrogens with zero attached hydrogens (tertiary/aromatic N) is 2. The van der Waals surface area contributed by atoms with Crippen molar-refractivity contribution >= 4 is 23.2 Å². The van der Waals surface area contributed by atoms with Crippen LogP contribution in [0, 0.1) is 5.92 Å². The van der Waals surface area contributed by atoms with Crippen LogP contribution >= 0.6 is 11.3 Å². The molecule has 0 radical (unpaired) electrons. The Bertz CT molecular complexity index is 572. The lowest BCUT2D eigenvalue weighted by molar-refractivity contribution is -0.130. The van der Waals surface area contributed by atoms with E-state index in [-0.39, 0.29) is 17.9 Å². The van der Waals surface area contributed by atoms with Crippen LogP contribution in [-0.4, -0.2) is 59.9 Å². The standard InChI is InChI=1S/C17H25N3O2S/c1-11(2)20-14(17(22)18-3)7-12-9-19(10-15(12)20)16(21)8-13-5-4-6-23-13/h4-6,11-12,14-15H,7-10H2,1-3H3,(H,18,22)/t12?,14-,15?/m1/s1. The number of carbonyl (C=O) groups excluding carboxylic acids is 2. The van der Waals surface area contributed by atoms with Crippen LogP contribution in [0.1, 0.15) is 25.1 Å². The second-order valence-corrected chi connectivity index (χ2v) is 7.82. The molecule has 3 atom stereocenters. The van der Waals surface area contributed by atoms with Gasteiger partial charge >= 0.3 is 0 Å². The molecule has 1 aromatic rings. The average Bonchev–Trinajstić information content (AvgIpc) is 3.20. The van der Waals surface area contributed by atoms with E-state index in [1.165, 1.54) is 0 Å². The van der Waals surface area contributed by atoms with Crippen LogP contribution in [-0.2, 0) is 16.0 Å². The molecule has 126 valence electrons. The van der Waals surface area contributed by atoms with Gasteiger partial charge in [-0.25, -0.2) is 0 Å². The number of thiophene rings is 1. The average molecular weight is 335 g/mol. The first-order chi connectivity index (χ1) is 11.0. The smallest absolute Gasteiger partial charge is 0.237 e. The van der Waals surface area contributed by atoms with Crippen LogP contribution in [0.5, 0.6) is 0 Å². The number of fused-ring (bicyclic) bond motifs is 1. The molecule has 0 spiro atoms. The van der Waals surface area contributed by atoms with E-state index in [1.54, 1.807) is 18.4 Å². The summed E-state index contributed by atoms with van der Waals surface area (Å²) in [5.41, 5.74) is 0. The zero-order chi connectivity index (χ0) is 16.6. The molecule has 2 aliphatic rings. The van der Waals surface area contributed by atoms with Crippen LogP contribution in [0.4, 0.5) is 0 Å². The highest BCUT2D eigenvalue weighted by Gasteiger charge is 2.50. The molecule has 2 fully saturated rings. The predicted octanol–water partition coefficient (Wildman–Crippen LogP) is 1.35. The van der Waals surface area contributed by atoms with Crippen LogP contribution in [0.2, 0.25) is 0 Å². The van der Waals surface area contributed by atoms with Crippen molar-refractivity contribution in [2.45, 2.75) is 44.8 Å². The van der Waals surface area contributed by atoms with Gasteiger partial charge in [0.2, 0.25) is 11.8 Å². The lowest BCUT2D eigenvalue weighted by Crippen LogP contribution is -2.50. The molecule has 0 aromatic carbocycles. The summed E-state index contributed by atoms with van der Waals surface area (Å²) < 4.78 is 0. The van der Waals surface area contributed by atoms with Crippen molar-refractivity contribution in [2.24, 2.45) is 5.92 Å². The molecular formula is C17H25N3O2S. The number of amides is 2. The maximum absolute atomic E-state index is 12.5. The normalized spacial score (nSPS) is 27.5. The van der Waals surface area contributed by atoms with Gasteiger partial charge in [-0.15, -0.1) is 11.3 Å². The van der Waals surface area contributed by atoms with E-state index in [0.717, 1.165) is 24.4 Å². The van der Waals surface area contributed by atoms with Crippen LogP contribution in [0.25, 0.3) is 0 Å². The molecule has 1 N–H and O–H groups in total. The van der Waals surface area contributed by atoms with Gasteiger partial charge in [-0.05, 0) is 37.6 Å². The summed E-state index contributed by atoms with van der Waals surface area (Å²) in [6, 6.07) is 4.57. The number of likely N-dealkylation sites (N-methyl/N-ethyl adjacent to an activating group) is 1. The Morgan fingerprint density at radius 1 is 1.39 bits per heavy atom. The predicted molar refractivity (Wildman–Crippen MR) is 91.3 cm³/mol. The van der Waals surface area contributed by atoms with Crippen LogP contribution in [0.3, 0.4) is 0 Å². The largest absolute Gasteiger partial charge is 0.358 e. The minimum Gasteiger partial charge on any atom is -0.358 e. The summed E-state index contributed by atoms with van der Waals surface area (Å²) in [6.45, 7) is 5.80. The van der Waals surface area contributed by atoms with E-state index in [1.807, 2.05) is 22.4 Å². The Kier molecular flexibility index (Phi) is 4.73. The molecule has 23 heavy (non-hydrogen) atoms. The maximum Gasteiger partial charge on any atom is 0.237 e. The number of nitrogens with one attached hydrogen (secondary N) is 1. The Morgan fingerprint density at radius 2 is 2.17 bits per heavy atom. The molecule has 3 rings (SSSR count). The van der Waals surface area contributed by atoms with Gasteiger partial charge in [-0.1, -0.05) is 6.07 Å². The van der Waals surface area contributed by atoms with E-state index < -0.39 is 0 Å². The monoisotopic (exact) mass is 335 g/mol. The molecule has 2 unspecified atom stereocenters. The number of rotatable bonds is 4. The zero-order valence-electron chi connectivity index (χ0n) is 14.0. The Hall–Kier alpha value is -1.40. The third-order valence-corrected chi connectivity index (χ3v) is 5.96. The van der Waals surface area contributed by atoms with E-state index in [2.05, 4.69) is 24.1 Å². The third kappa shape index (κ3) is 3.15. The third-order valence-electron chi connectivity index (χ3n) is 5.08. The molecular weight excluding hydrogens is 310 g/mol. The Labute approximate surface area is 141 Å². The molecule has 2 saturated heterocycles. The minimum atomic E-state index is -0.0513. The maximum atomic E-state index is 12.5. The summed E-state index contributed by atoms with van der Waals surface area (Å²) >= 11 is 1.63. The lowest BCUT2D eigenvalue weighted by Gasteiger charge is -2.33. The van der Waals surface area contributed by atoms with Crippen molar-refractivity contribution in [3.8, 4) is 0 Å². The SMILES string of the molecule is CNC(=O)[C@H]1CC2CN(C(=O)Cc3cccs3)CC2N1C(C)C. The van der Waals surface area contributed by atoms with Gasteiger partial charge in [0.15, 0.2) is 0 Å². The van der Waals surface area contributed by atoms with Gasteiger partial charge in [0.05, 0.1) is 12.5 Å².